The fraction of sp³-hybridized carbons (Fsp3) is 0.750. The monoisotopic (exact) mass is 473 g/mol. The van der Waals surface area contributed by atoms with Crippen LogP contribution in [0, 0.1) is 11.3 Å². The molecule has 5 nitrogen and oxygen atoms in total. The summed E-state index contributed by atoms with van der Waals surface area (Å²) in [5, 5.41) is 7.31. The van der Waals surface area contributed by atoms with Crippen molar-refractivity contribution in [3.63, 3.8) is 0 Å². The first-order valence-corrected chi connectivity index (χ1v) is 9.90. The molecule has 1 aromatic rings. The third-order valence-electron chi connectivity index (χ3n) is 6.21. The van der Waals surface area contributed by atoms with Crippen molar-refractivity contribution in [1.82, 2.24) is 10.6 Å². The van der Waals surface area contributed by atoms with Crippen LogP contribution in [0.15, 0.2) is 27.8 Å². The summed E-state index contributed by atoms with van der Waals surface area (Å²) in [5.41, 5.74) is 0.349. The van der Waals surface area contributed by atoms with Crippen LogP contribution < -0.4 is 10.6 Å². The summed E-state index contributed by atoms with van der Waals surface area (Å²) >= 11 is 0. The minimum atomic E-state index is 0. The fourth-order valence-corrected chi connectivity index (χ4v) is 5.19. The van der Waals surface area contributed by atoms with Crippen LogP contribution >= 0.6 is 24.0 Å². The van der Waals surface area contributed by atoms with Crippen molar-refractivity contribution in [2.45, 2.75) is 70.6 Å². The predicted molar refractivity (Wildman–Crippen MR) is 114 cm³/mol. The molecule has 3 aliphatic rings. The smallest absolute Gasteiger partial charge is 0.191 e. The molecule has 3 fully saturated rings. The van der Waals surface area contributed by atoms with Crippen LogP contribution in [0.1, 0.15) is 51.7 Å². The molecule has 3 unspecified atom stereocenters. The molecule has 6 heteroatoms. The van der Waals surface area contributed by atoms with Crippen molar-refractivity contribution in [3.05, 3.63) is 24.2 Å². The zero-order chi connectivity index (χ0) is 17.3. The van der Waals surface area contributed by atoms with E-state index >= 15 is 0 Å². The van der Waals surface area contributed by atoms with Crippen LogP contribution in [-0.2, 0) is 11.2 Å². The average Bonchev–Trinajstić information content (AvgIpc) is 3.31. The molecule has 2 saturated carbocycles. The topological polar surface area (TPSA) is 58.8 Å². The van der Waals surface area contributed by atoms with E-state index in [2.05, 4.69) is 24.5 Å². The quantitative estimate of drug-likeness (QED) is 0.389. The minimum Gasteiger partial charge on any atom is -0.469 e. The summed E-state index contributed by atoms with van der Waals surface area (Å²) in [6.45, 7) is 5.99. The number of hydrogen-bond donors (Lipinski definition) is 2. The Balaban J connectivity index is 0.00000196. The molecule has 0 radical (unpaired) electrons. The van der Waals surface area contributed by atoms with Crippen LogP contribution in [0.4, 0.5) is 0 Å². The summed E-state index contributed by atoms with van der Waals surface area (Å²) in [7, 11) is 0. The highest BCUT2D eigenvalue weighted by atomic mass is 127. The van der Waals surface area contributed by atoms with Gasteiger partial charge in [-0.15, -0.1) is 24.0 Å². The molecular weight excluding hydrogens is 441 g/mol. The Labute approximate surface area is 173 Å². The number of guanidine groups is 1. The van der Waals surface area contributed by atoms with E-state index in [4.69, 9.17) is 14.1 Å². The van der Waals surface area contributed by atoms with E-state index in [9.17, 15) is 0 Å². The van der Waals surface area contributed by atoms with Gasteiger partial charge in [-0.2, -0.15) is 0 Å². The van der Waals surface area contributed by atoms with Gasteiger partial charge in [-0.05, 0) is 45.2 Å². The zero-order valence-electron chi connectivity index (χ0n) is 15.9. The normalized spacial score (nSPS) is 29.3. The number of nitrogens with zero attached hydrogens (tertiary/aromatic N) is 1. The molecule has 0 aromatic carbocycles. The fourth-order valence-electron chi connectivity index (χ4n) is 5.19. The molecule has 4 rings (SSSR count). The second kappa shape index (κ2) is 8.50. The highest BCUT2D eigenvalue weighted by Crippen LogP contribution is 2.60. The molecule has 146 valence electrons. The summed E-state index contributed by atoms with van der Waals surface area (Å²) in [6, 6.07) is 4.82. The lowest BCUT2D eigenvalue weighted by Gasteiger charge is -2.57. The summed E-state index contributed by atoms with van der Waals surface area (Å²) < 4.78 is 11.5. The Kier molecular flexibility index (Phi) is 6.54. The van der Waals surface area contributed by atoms with Crippen LogP contribution in [0.5, 0.6) is 0 Å². The number of rotatable bonds is 5. The number of fused-ring (bicyclic) bond motifs is 2. The van der Waals surface area contributed by atoms with Gasteiger partial charge in [0, 0.05) is 43.0 Å². The Bertz CT molecular complexity index is 596. The average molecular weight is 473 g/mol. The second-order valence-corrected chi connectivity index (χ2v) is 8.16. The molecule has 2 aliphatic carbocycles. The number of nitrogens with one attached hydrogen (secondary N) is 2. The Hall–Kier alpha value is -0.760. The van der Waals surface area contributed by atoms with E-state index in [0.717, 1.165) is 31.3 Å². The summed E-state index contributed by atoms with van der Waals surface area (Å²) in [4.78, 5) is 4.82. The first-order chi connectivity index (χ1) is 12.2. The van der Waals surface area contributed by atoms with Crippen LogP contribution in [0.2, 0.25) is 0 Å². The first-order valence-electron chi connectivity index (χ1n) is 9.90. The van der Waals surface area contributed by atoms with Crippen molar-refractivity contribution < 1.29 is 9.15 Å². The van der Waals surface area contributed by atoms with Gasteiger partial charge in [0.05, 0.1) is 12.4 Å². The van der Waals surface area contributed by atoms with Crippen molar-refractivity contribution in [1.29, 1.82) is 0 Å². The van der Waals surface area contributed by atoms with Crippen LogP contribution in [0.25, 0.3) is 0 Å². The van der Waals surface area contributed by atoms with Gasteiger partial charge in [0.25, 0.3) is 0 Å². The highest BCUT2D eigenvalue weighted by Gasteiger charge is 2.65. The molecule has 2 N–H and O–H groups in total. The van der Waals surface area contributed by atoms with Gasteiger partial charge in [-0.3, -0.25) is 4.99 Å². The number of furan rings is 1. The lowest BCUT2D eigenvalue weighted by Crippen LogP contribution is -2.69. The Morgan fingerprint density at radius 1 is 1.35 bits per heavy atom. The third kappa shape index (κ3) is 3.77. The summed E-state index contributed by atoms with van der Waals surface area (Å²) in [5.74, 6) is 2.60. The molecule has 1 saturated heterocycles. The lowest BCUT2D eigenvalue weighted by atomic mass is 9.54. The molecule has 26 heavy (non-hydrogen) atoms. The lowest BCUT2D eigenvalue weighted by molar-refractivity contribution is -0.125. The van der Waals surface area contributed by atoms with Crippen molar-refractivity contribution in [3.8, 4) is 0 Å². The van der Waals surface area contributed by atoms with E-state index in [1.54, 1.807) is 6.26 Å². The number of ether oxygens (including phenoxy) is 1. The van der Waals surface area contributed by atoms with Gasteiger partial charge in [-0.1, -0.05) is 12.8 Å². The van der Waals surface area contributed by atoms with Gasteiger partial charge in [-0.25, -0.2) is 0 Å². The molecule has 2 heterocycles. The van der Waals surface area contributed by atoms with E-state index in [0.29, 0.717) is 29.5 Å². The number of hydrogen-bond acceptors (Lipinski definition) is 3. The van der Waals surface area contributed by atoms with E-state index in [1.165, 1.54) is 32.1 Å². The first kappa shape index (κ1) is 20.0. The Morgan fingerprint density at radius 2 is 2.15 bits per heavy atom. The molecule has 1 aliphatic heterocycles. The van der Waals surface area contributed by atoms with Gasteiger partial charge >= 0.3 is 0 Å². The maximum Gasteiger partial charge on any atom is 0.191 e. The van der Waals surface area contributed by atoms with Crippen molar-refractivity contribution >= 4 is 29.9 Å². The second-order valence-electron chi connectivity index (χ2n) is 8.16. The zero-order valence-corrected chi connectivity index (χ0v) is 18.2. The molecule has 0 amide bonds. The van der Waals surface area contributed by atoms with Gasteiger partial charge < -0.3 is 19.8 Å². The van der Waals surface area contributed by atoms with Gasteiger partial charge in [0.15, 0.2) is 5.96 Å². The van der Waals surface area contributed by atoms with E-state index < -0.39 is 0 Å². The maximum atomic E-state index is 6.10. The largest absolute Gasteiger partial charge is 0.469 e. The molecule has 3 atom stereocenters. The predicted octanol–water partition coefficient (Wildman–Crippen LogP) is 3.73. The van der Waals surface area contributed by atoms with Gasteiger partial charge in [0.2, 0.25) is 0 Å². The van der Waals surface area contributed by atoms with Crippen LogP contribution in [0.3, 0.4) is 0 Å². The molecule has 1 aromatic heterocycles. The molecule has 0 bridgehead atoms. The maximum absolute atomic E-state index is 6.10. The van der Waals surface area contributed by atoms with E-state index in [-0.39, 0.29) is 24.0 Å². The van der Waals surface area contributed by atoms with Gasteiger partial charge in [0.1, 0.15) is 5.76 Å². The summed E-state index contributed by atoms with van der Waals surface area (Å²) in [6.07, 6.45) is 9.51. The third-order valence-corrected chi connectivity index (χ3v) is 6.21. The van der Waals surface area contributed by atoms with Crippen molar-refractivity contribution in [2.24, 2.45) is 16.3 Å². The highest BCUT2D eigenvalue weighted by molar-refractivity contribution is 14.0. The van der Waals surface area contributed by atoms with E-state index in [1.807, 2.05) is 12.1 Å². The number of aliphatic imine (C=N–C) groups is 1. The minimum absolute atomic E-state index is 0. The number of halogens is 1. The van der Waals surface area contributed by atoms with Crippen LogP contribution in [-0.4, -0.2) is 37.3 Å². The standard InChI is InChI=1S/C20H31N3O2.HI/c1-14(2)22-19(21-11-7-15-6-5-12-24-15)23-17-16-8-13-25-18(16)20(17)9-3-4-10-20;/h5-6,12,14,16-18H,3-4,7-11,13H2,1-2H3,(H2,21,22,23);1H. The Morgan fingerprint density at radius 3 is 2.85 bits per heavy atom. The SMILES string of the molecule is CC(C)NC(=NCCc1ccco1)NC1C2CCOC2C12CCCC2.I. The molecule has 1 spiro atoms. The molecular formula is C20H32IN3O2. The van der Waals surface area contributed by atoms with Crippen molar-refractivity contribution in [2.75, 3.05) is 13.2 Å².